The summed E-state index contributed by atoms with van der Waals surface area (Å²) in [6, 6.07) is 7.05. The first-order valence-electron chi connectivity index (χ1n) is 3.79. The lowest BCUT2D eigenvalue weighted by molar-refractivity contribution is -0.214. The summed E-state index contributed by atoms with van der Waals surface area (Å²) in [5, 5.41) is 17.7. The average Bonchev–Trinajstić information content (AvgIpc) is 2.17. The van der Waals surface area contributed by atoms with Gasteiger partial charge in [-0.05, 0) is 23.6 Å². The van der Waals surface area contributed by atoms with E-state index in [1.165, 1.54) is 0 Å². The minimum Gasteiger partial charge on any atom is -0.859 e. The molecule has 0 aliphatic carbocycles. The Balaban J connectivity index is 2.98. The summed E-state index contributed by atoms with van der Waals surface area (Å²) >= 11 is 1.56. The highest BCUT2D eigenvalue weighted by molar-refractivity contribution is 7.99. The Morgan fingerprint density at radius 3 is 2.77 bits per heavy atom. The third-order valence-electron chi connectivity index (χ3n) is 1.75. The van der Waals surface area contributed by atoms with Crippen LogP contribution in [0.2, 0.25) is 0 Å². The molecule has 0 spiro atoms. The van der Waals surface area contributed by atoms with Gasteiger partial charge in [-0.25, -0.2) is 0 Å². The van der Waals surface area contributed by atoms with E-state index in [1.807, 2.05) is 23.7 Å². The van der Waals surface area contributed by atoms with Gasteiger partial charge in [0.1, 0.15) is 0 Å². The summed E-state index contributed by atoms with van der Waals surface area (Å²) in [5.41, 5.74) is 1.36. The molecule has 0 atom stereocenters. The zero-order valence-corrected chi connectivity index (χ0v) is 8.39. The van der Waals surface area contributed by atoms with Gasteiger partial charge >= 0.3 is 0 Å². The first-order valence-corrected chi connectivity index (χ1v) is 4.97. The average molecular weight is 195 g/mol. The van der Waals surface area contributed by atoms with Crippen LogP contribution in [0.3, 0.4) is 0 Å². The molecule has 3 nitrogen and oxygen atoms in total. The molecule has 0 saturated carbocycles. The van der Waals surface area contributed by atoms with Gasteiger partial charge in [0.25, 0.3) is 0 Å². The Hall–Kier alpha value is -1.16. The number of rotatable bonds is 3. The number of hydrogen-bond acceptors (Lipinski definition) is 4. The van der Waals surface area contributed by atoms with Crippen LogP contribution < -0.4 is 9.41 Å². The lowest BCUT2D eigenvalue weighted by Crippen LogP contribution is -2.17. The maximum absolute atomic E-state index is 10.7. The summed E-state index contributed by atoms with van der Waals surface area (Å²) in [4.78, 5) is 0. The highest BCUT2D eigenvalue weighted by Crippen LogP contribution is 2.19. The van der Waals surface area contributed by atoms with Gasteiger partial charge in [0, 0.05) is 19.0 Å². The van der Waals surface area contributed by atoms with Crippen LogP contribution in [0, 0.1) is 5.41 Å². The van der Waals surface area contributed by atoms with Gasteiger partial charge in [0.05, 0.1) is 0 Å². The predicted molar refractivity (Wildman–Crippen MR) is 55.2 cm³/mol. The van der Waals surface area contributed by atoms with Crippen molar-refractivity contribution in [1.29, 1.82) is 5.41 Å². The number of benzene rings is 1. The van der Waals surface area contributed by atoms with Crippen molar-refractivity contribution in [1.82, 2.24) is 0 Å². The molecule has 1 aromatic rings. The molecule has 13 heavy (non-hydrogen) atoms. The van der Waals surface area contributed by atoms with Crippen LogP contribution in [0.4, 0.5) is 5.69 Å². The normalized spacial score (nSPS) is 9.69. The van der Waals surface area contributed by atoms with Crippen molar-refractivity contribution in [2.45, 2.75) is 0 Å². The fraction of sp³-hybridized carbons (Fsp3) is 0.222. The molecule has 0 aliphatic heterocycles. The van der Waals surface area contributed by atoms with E-state index >= 15 is 0 Å². The van der Waals surface area contributed by atoms with Gasteiger partial charge in [-0.2, -0.15) is 0 Å². The van der Waals surface area contributed by atoms with Crippen molar-refractivity contribution in [3.05, 3.63) is 29.8 Å². The van der Waals surface area contributed by atoms with E-state index in [9.17, 15) is 5.11 Å². The number of nitrogens with one attached hydrogen (secondary N) is 1. The standard InChI is InChI=1S/C9H12N2OS/c1-11(13-2)8-5-3-4-7(6-8)9(10)12/h3-6H,1-2H3,(H2,10,12)/p-1. The van der Waals surface area contributed by atoms with E-state index in [1.54, 1.807) is 30.1 Å². The molecular weight excluding hydrogens is 184 g/mol. The molecule has 0 saturated heterocycles. The SMILES string of the molecule is CSN(C)c1cccc(C(=N)[O-])c1. The number of hydrogen-bond donors (Lipinski definition) is 1. The van der Waals surface area contributed by atoms with E-state index in [0.29, 0.717) is 5.56 Å². The van der Waals surface area contributed by atoms with Crippen molar-refractivity contribution in [3.8, 4) is 0 Å². The second-order valence-corrected chi connectivity index (χ2v) is 3.47. The van der Waals surface area contributed by atoms with Crippen LogP contribution in [0.25, 0.3) is 0 Å². The van der Waals surface area contributed by atoms with E-state index < -0.39 is 5.90 Å². The van der Waals surface area contributed by atoms with E-state index in [2.05, 4.69) is 0 Å². The zero-order valence-electron chi connectivity index (χ0n) is 7.57. The van der Waals surface area contributed by atoms with Gasteiger partial charge in [0.15, 0.2) is 0 Å². The van der Waals surface area contributed by atoms with Crippen LogP contribution in [-0.2, 0) is 0 Å². The topological polar surface area (TPSA) is 50.2 Å². The number of anilines is 1. The Morgan fingerprint density at radius 2 is 2.23 bits per heavy atom. The summed E-state index contributed by atoms with van der Waals surface area (Å²) in [6.07, 6.45) is 1.95. The van der Waals surface area contributed by atoms with Crippen molar-refractivity contribution >= 4 is 23.5 Å². The molecule has 4 heteroatoms. The molecule has 0 radical (unpaired) electrons. The van der Waals surface area contributed by atoms with Crippen molar-refractivity contribution in [2.24, 2.45) is 0 Å². The number of nitrogens with zero attached hydrogens (tertiary/aromatic N) is 1. The third-order valence-corrected chi connectivity index (χ3v) is 2.50. The van der Waals surface area contributed by atoms with E-state index in [-0.39, 0.29) is 0 Å². The summed E-state index contributed by atoms with van der Waals surface area (Å²) < 4.78 is 1.94. The predicted octanol–water partition coefficient (Wildman–Crippen LogP) is 1.09. The molecule has 70 valence electrons. The molecule has 0 aliphatic rings. The monoisotopic (exact) mass is 195 g/mol. The van der Waals surface area contributed by atoms with E-state index in [0.717, 1.165) is 5.69 Å². The Kier molecular flexibility index (Phi) is 3.19. The first-order chi connectivity index (χ1) is 6.15. The van der Waals surface area contributed by atoms with Crippen molar-refractivity contribution < 1.29 is 5.11 Å². The minimum absolute atomic E-state index is 0.429. The lowest BCUT2D eigenvalue weighted by atomic mass is 10.2. The summed E-state index contributed by atoms with van der Waals surface area (Å²) in [6.45, 7) is 0. The van der Waals surface area contributed by atoms with Crippen LogP contribution in [-0.4, -0.2) is 19.2 Å². The first kappa shape index (κ1) is 9.92. The Bertz CT molecular complexity index is 314. The molecular formula is C9H11N2OS-. The largest absolute Gasteiger partial charge is 0.859 e. The van der Waals surface area contributed by atoms with E-state index in [4.69, 9.17) is 5.41 Å². The van der Waals surface area contributed by atoms with Crippen LogP contribution in [0.5, 0.6) is 0 Å². The highest BCUT2D eigenvalue weighted by atomic mass is 32.2. The molecule has 0 aromatic heterocycles. The molecule has 1 rings (SSSR count). The highest BCUT2D eigenvalue weighted by Gasteiger charge is 1.99. The second kappa shape index (κ2) is 4.18. The maximum Gasteiger partial charge on any atom is 0.0472 e. The van der Waals surface area contributed by atoms with Crippen molar-refractivity contribution in [3.63, 3.8) is 0 Å². The van der Waals surface area contributed by atoms with Gasteiger partial charge in [-0.1, -0.05) is 24.1 Å². The summed E-state index contributed by atoms with van der Waals surface area (Å²) in [7, 11) is 1.91. The molecule has 0 amide bonds. The Morgan fingerprint density at radius 1 is 1.54 bits per heavy atom. The zero-order chi connectivity index (χ0) is 9.84. The molecule has 1 aromatic carbocycles. The maximum atomic E-state index is 10.7. The smallest absolute Gasteiger partial charge is 0.0472 e. The van der Waals surface area contributed by atoms with Crippen LogP contribution >= 0.6 is 11.9 Å². The molecule has 0 heterocycles. The van der Waals surface area contributed by atoms with Crippen molar-refractivity contribution in [2.75, 3.05) is 17.6 Å². The second-order valence-electron chi connectivity index (χ2n) is 2.56. The van der Waals surface area contributed by atoms with Gasteiger partial charge in [0.2, 0.25) is 0 Å². The quantitative estimate of drug-likeness (QED) is 0.446. The molecule has 0 unspecified atom stereocenters. The van der Waals surface area contributed by atoms with Gasteiger partial charge < -0.3 is 14.8 Å². The van der Waals surface area contributed by atoms with Crippen LogP contribution in [0.1, 0.15) is 5.56 Å². The lowest BCUT2D eigenvalue weighted by Gasteiger charge is -2.17. The fourth-order valence-corrected chi connectivity index (χ4v) is 1.27. The van der Waals surface area contributed by atoms with Gasteiger partial charge in [-0.3, -0.25) is 0 Å². The molecule has 1 N–H and O–H groups in total. The van der Waals surface area contributed by atoms with Gasteiger partial charge in [-0.15, -0.1) is 0 Å². The van der Waals surface area contributed by atoms with Crippen LogP contribution in [0.15, 0.2) is 24.3 Å². The molecule has 0 fully saturated rings. The third kappa shape index (κ3) is 2.39. The summed E-state index contributed by atoms with van der Waals surface area (Å²) in [5.74, 6) is -0.642. The fourth-order valence-electron chi connectivity index (χ4n) is 0.948. The Labute approximate surface area is 82.0 Å². The minimum atomic E-state index is -0.642. The molecule has 0 bridgehead atoms.